The molecule has 29 heavy (non-hydrogen) atoms. The number of nitrogens with two attached hydrogens (primary N) is 1. The minimum atomic E-state index is 0.103. The second kappa shape index (κ2) is 5.32. The van der Waals surface area contributed by atoms with Gasteiger partial charge in [-0.05, 0) is 77.8 Å². The fraction of sp³-hybridized carbons (Fsp3) is 0.391. The molecule has 3 aromatic rings. The van der Waals surface area contributed by atoms with Crippen molar-refractivity contribution in [3.05, 3.63) is 52.6 Å². The molecule has 1 amide bonds. The lowest BCUT2D eigenvalue weighted by Crippen LogP contribution is -2.36. The summed E-state index contributed by atoms with van der Waals surface area (Å²) in [5.41, 5.74) is 12.9. The highest BCUT2D eigenvalue weighted by Crippen LogP contribution is 2.64. The van der Waals surface area contributed by atoms with Gasteiger partial charge < -0.3 is 16.4 Å². The molecule has 2 aliphatic heterocycles. The molecule has 4 aliphatic rings. The van der Waals surface area contributed by atoms with Gasteiger partial charge in [0.2, 0.25) is 0 Å². The normalized spacial score (nSPS) is 31.3. The maximum absolute atomic E-state index is 12.7. The number of fused-ring (bicyclic) bond motifs is 10. The second-order valence-corrected chi connectivity index (χ2v) is 9.22. The van der Waals surface area contributed by atoms with Gasteiger partial charge in [-0.3, -0.25) is 9.89 Å². The third-order valence-corrected chi connectivity index (χ3v) is 7.98. The average Bonchev–Trinajstić information content (AvgIpc) is 3.52. The number of hydrogen-bond acceptors (Lipinski definition) is 4. The van der Waals surface area contributed by atoms with Crippen LogP contribution in [0.1, 0.15) is 58.3 Å². The Morgan fingerprint density at radius 1 is 1.10 bits per heavy atom. The minimum Gasteiger partial charge on any atom is -0.382 e. The van der Waals surface area contributed by atoms with E-state index in [0.29, 0.717) is 36.0 Å². The van der Waals surface area contributed by atoms with E-state index < -0.39 is 0 Å². The standard InChI is InChI=1S/C23H23N5O/c24-22-14-8-12(3-5-15(14)27-28-22)21-18-11-2-1-10(7-11)17(18)20-16(26-21)6-4-13-9-25-23(29)19(13)20/h3-6,8,10-11,17-18,21,26H,1-2,7,9H2,(H,25,29)(H3,24,27,28). The predicted octanol–water partition coefficient (Wildman–Crippen LogP) is 3.69. The molecule has 6 nitrogen and oxygen atoms in total. The van der Waals surface area contributed by atoms with Gasteiger partial charge in [-0.15, -0.1) is 0 Å². The molecule has 0 radical (unpaired) electrons. The summed E-state index contributed by atoms with van der Waals surface area (Å²) < 4.78 is 0. The minimum absolute atomic E-state index is 0.103. The Balaban J connectivity index is 1.42. The molecule has 2 saturated carbocycles. The molecule has 5 atom stereocenters. The summed E-state index contributed by atoms with van der Waals surface area (Å²) in [6.45, 7) is 0.660. The van der Waals surface area contributed by atoms with Crippen molar-refractivity contribution in [1.82, 2.24) is 15.5 Å². The lowest BCUT2D eigenvalue weighted by Gasteiger charge is -2.44. The summed E-state index contributed by atoms with van der Waals surface area (Å²) in [5.74, 6) is 3.05. The fourth-order valence-electron chi connectivity index (χ4n) is 6.87. The molecule has 2 bridgehead atoms. The number of aromatic nitrogens is 2. The van der Waals surface area contributed by atoms with E-state index in [-0.39, 0.29) is 11.9 Å². The number of aromatic amines is 1. The van der Waals surface area contributed by atoms with E-state index in [1.54, 1.807) is 0 Å². The molecule has 2 aromatic carbocycles. The molecule has 7 rings (SSSR count). The SMILES string of the molecule is Nc1n[nH]c2ccc(C3Nc4ccc5c(c4C4C6CCC(C6)C34)C(=O)NC5)cc12. The van der Waals surface area contributed by atoms with E-state index in [2.05, 4.69) is 51.2 Å². The molecular weight excluding hydrogens is 362 g/mol. The average molecular weight is 385 g/mol. The number of H-pyrrole nitrogens is 1. The first-order chi connectivity index (χ1) is 14.2. The molecule has 6 heteroatoms. The summed E-state index contributed by atoms with van der Waals surface area (Å²) in [6.07, 6.45) is 3.88. The van der Waals surface area contributed by atoms with Gasteiger partial charge in [0.15, 0.2) is 5.82 Å². The van der Waals surface area contributed by atoms with Crippen LogP contribution >= 0.6 is 0 Å². The molecule has 0 spiro atoms. The van der Waals surface area contributed by atoms with E-state index in [1.165, 1.54) is 30.4 Å². The highest BCUT2D eigenvalue weighted by molar-refractivity contribution is 6.01. The zero-order chi connectivity index (χ0) is 19.3. The molecule has 146 valence electrons. The first kappa shape index (κ1) is 15.9. The lowest BCUT2D eigenvalue weighted by atomic mass is 9.66. The largest absolute Gasteiger partial charge is 0.382 e. The van der Waals surface area contributed by atoms with E-state index >= 15 is 0 Å². The zero-order valence-corrected chi connectivity index (χ0v) is 16.0. The van der Waals surface area contributed by atoms with Crippen molar-refractivity contribution in [3.63, 3.8) is 0 Å². The molecule has 0 saturated heterocycles. The van der Waals surface area contributed by atoms with E-state index in [4.69, 9.17) is 5.73 Å². The Morgan fingerprint density at radius 3 is 2.93 bits per heavy atom. The Bertz CT molecular complexity index is 1200. The fourth-order valence-corrected chi connectivity index (χ4v) is 6.87. The van der Waals surface area contributed by atoms with Crippen LogP contribution in [0, 0.1) is 17.8 Å². The number of nitrogens with zero attached hydrogens (tertiary/aromatic N) is 1. The second-order valence-electron chi connectivity index (χ2n) is 9.22. The van der Waals surface area contributed by atoms with Crippen LogP contribution in [0.25, 0.3) is 10.9 Å². The molecule has 2 aliphatic carbocycles. The quantitative estimate of drug-likeness (QED) is 0.514. The predicted molar refractivity (Wildman–Crippen MR) is 112 cm³/mol. The monoisotopic (exact) mass is 385 g/mol. The van der Waals surface area contributed by atoms with Crippen LogP contribution in [0.3, 0.4) is 0 Å². The van der Waals surface area contributed by atoms with Crippen LogP contribution in [-0.2, 0) is 6.54 Å². The summed E-state index contributed by atoms with van der Waals surface area (Å²) in [4.78, 5) is 12.7. The van der Waals surface area contributed by atoms with Crippen molar-refractivity contribution in [2.45, 2.75) is 37.8 Å². The number of nitrogen functional groups attached to an aromatic ring is 1. The van der Waals surface area contributed by atoms with Crippen molar-refractivity contribution in [1.29, 1.82) is 0 Å². The first-order valence-corrected chi connectivity index (χ1v) is 10.6. The van der Waals surface area contributed by atoms with Crippen LogP contribution in [0.5, 0.6) is 0 Å². The Morgan fingerprint density at radius 2 is 2.00 bits per heavy atom. The number of hydrogen-bond donors (Lipinski definition) is 4. The van der Waals surface area contributed by atoms with Crippen molar-refractivity contribution in [2.75, 3.05) is 11.1 Å². The Kier molecular flexibility index (Phi) is 2.91. The third kappa shape index (κ3) is 1.96. The smallest absolute Gasteiger partial charge is 0.252 e. The molecule has 5 unspecified atom stereocenters. The molecule has 1 aromatic heterocycles. The van der Waals surface area contributed by atoms with Crippen LogP contribution < -0.4 is 16.4 Å². The van der Waals surface area contributed by atoms with E-state index in [1.807, 2.05) is 0 Å². The topological polar surface area (TPSA) is 95.8 Å². The van der Waals surface area contributed by atoms with E-state index in [9.17, 15) is 4.79 Å². The zero-order valence-electron chi connectivity index (χ0n) is 16.0. The number of carbonyl (C=O) groups excluding carboxylic acids is 1. The molecule has 5 N–H and O–H groups in total. The number of carbonyl (C=O) groups is 1. The summed E-state index contributed by atoms with van der Waals surface area (Å²) in [7, 11) is 0. The van der Waals surface area contributed by atoms with Crippen LogP contribution in [0.4, 0.5) is 11.5 Å². The number of anilines is 2. The Labute approximate surface area is 168 Å². The summed E-state index contributed by atoms with van der Waals surface area (Å²) >= 11 is 0. The van der Waals surface area contributed by atoms with Crippen molar-refractivity contribution in [2.24, 2.45) is 17.8 Å². The van der Waals surface area contributed by atoms with Gasteiger partial charge in [0, 0.05) is 23.2 Å². The number of nitrogens with one attached hydrogen (secondary N) is 3. The third-order valence-electron chi connectivity index (χ3n) is 7.98. The Hall–Kier alpha value is -3.02. The van der Waals surface area contributed by atoms with Gasteiger partial charge in [0.25, 0.3) is 5.91 Å². The summed E-state index contributed by atoms with van der Waals surface area (Å²) in [6, 6.07) is 11.0. The van der Waals surface area contributed by atoms with Crippen molar-refractivity contribution in [3.8, 4) is 0 Å². The van der Waals surface area contributed by atoms with Gasteiger partial charge in [0.1, 0.15) is 0 Å². The van der Waals surface area contributed by atoms with Gasteiger partial charge in [0.05, 0.1) is 11.6 Å². The highest BCUT2D eigenvalue weighted by atomic mass is 16.1. The van der Waals surface area contributed by atoms with Gasteiger partial charge in [-0.25, -0.2) is 0 Å². The van der Waals surface area contributed by atoms with Crippen molar-refractivity contribution >= 4 is 28.3 Å². The summed E-state index contributed by atoms with van der Waals surface area (Å²) in [5, 5.41) is 15.0. The van der Waals surface area contributed by atoms with Crippen LogP contribution in [0.15, 0.2) is 30.3 Å². The maximum Gasteiger partial charge on any atom is 0.252 e. The van der Waals surface area contributed by atoms with Gasteiger partial charge in [-0.2, -0.15) is 5.10 Å². The van der Waals surface area contributed by atoms with Gasteiger partial charge in [-0.1, -0.05) is 12.1 Å². The van der Waals surface area contributed by atoms with Gasteiger partial charge >= 0.3 is 0 Å². The lowest BCUT2D eigenvalue weighted by molar-refractivity contribution is 0.0963. The number of rotatable bonds is 1. The maximum atomic E-state index is 12.7. The van der Waals surface area contributed by atoms with Crippen molar-refractivity contribution < 1.29 is 4.79 Å². The first-order valence-electron chi connectivity index (χ1n) is 10.6. The number of amides is 1. The van der Waals surface area contributed by atoms with Crippen LogP contribution in [0.2, 0.25) is 0 Å². The molecule has 3 heterocycles. The number of benzene rings is 2. The molecule has 2 fully saturated rings. The van der Waals surface area contributed by atoms with E-state index in [0.717, 1.165) is 27.7 Å². The van der Waals surface area contributed by atoms with Crippen LogP contribution in [-0.4, -0.2) is 16.1 Å². The highest BCUT2D eigenvalue weighted by Gasteiger charge is 2.55. The molecular formula is C23H23N5O.